The predicted molar refractivity (Wildman–Crippen MR) is 255 cm³/mol. The smallest absolute Gasteiger partial charge is 0.407 e. The molecule has 0 aliphatic heterocycles. The van der Waals surface area contributed by atoms with Crippen LogP contribution in [0.1, 0.15) is 130 Å². The van der Waals surface area contributed by atoms with Crippen LogP contribution in [0.15, 0.2) is 54.6 Å². The van der Waals surface area contributed by atoms with Gasteiger partial charge in [0.2, 0.25) is 0 Å². The fourth-order valence-electron chi connectivity index (χ4n) is 7.06. The van der Waals surface area contributed by atoms with Gasteiger partial charge in [-0.05, 0) is 95.1 Å². The molecule has 368 valence electrons. The number of nitrogens with one attached hydrogen (secondary N) is 6. The maximum Gasteiger partial charge on any atom is 0.407 e. The van der Waals surface area contributed by atoms with Gasteiger partial charge in [-0.15, -0.1) is 0 Å². The molecule has 16 nitrogen and oxygen atoms in total. The van der Waals surface area contributed by atoms with Gasteiger partial charge in [0.15, 0.2) is 0 Å². The number of ether oxygens (including phenoxy) is 3. The van der Waals surface area contributed by atoms with Crippen molar-refractivity contribution in [3.63, 3.8) is 0 Å². The summed E-state index contributed by atoms with van der Waals surface area (Å²) in [6.07, 6.45) is 3.07. The third kappa shape index (κ3) is 27.8. The SMILES string of the molecule is CNC(=O)NC[C@H](C)CC(=O)CC[C@H](CCCCNC(=O)OCc1ccccc1Cl)NC(=O)NC[C@@H](CC(=O)CC[C@H](CCC(=O)OCc1ccccc1)NC(=O)OC(C)(C)C)CC(C)C. The van der Waals surface area contributed by atoms with Gasteiger partial charge in [0.25, 0.3) is 0 Å². The molecule has 2 rings (SSSR count). The van der Waals surface area contributed by atoms with Crippen LogP contribution in [0, 0.1) is 17.8 Å². The van der Waals surface area contributed by atoms with Gasteiger partial charge in [0.1, 0.15) is 30.4 Å². The van der Waals surface area contributed by atoms with Crippen molar-refractivity contribution in [3.05, 3.63) is 70.7 Å². The first-order valence-corrected chi connectivity index (χ1v) is 23.6. The van der Waals surface area contributed by atoms with E-state index in [0.717, 1.165) is 5.56 Å². The largest absolute Gasteiger partial charge is 0.461 e. The molecule has 0 heterocycles. The van der Waals surface area contributed by atoms with Gasteiger partial charge in [-0.3, -0.25) is 14.4 Å². The Balaban J connectivity index is 1.97. The third-order valence-corrected chi connectivity index (χ3v) is 10.8. The highest BCUT2D eigenvalue weighted by Crippen LogP contribution is 2.20. The molecule has 0 spiro atoms. The predicted octanol–water partition coefficient (Wildman–Crippen LogP) is 8.53. The lowest BCUT2D eigenvalue weighted by Gasteiger charge is -2.24. The summed E-state index contributed by atoms with van der Waals surface area (Å²) in [7, 11) is 1.52. The molecule has 0 radical (unpaired) electrons. The lowest BCUT2D eigenvalue weighted by atomic mass is 9.90. The molecule has 0 aliphatic rings. The van der Waals surface area contributed by atoms with Gasteiger partial charge >= 0.3 is 30.2 Å². The lowest BCUT2D eigenvalue weighted by molar-refractivity contribution is -0.145. The van der Waals surface area contributed by atoms with E-state index in [1.54, 1.807) is 39.0 Å². The van der Waals surface area contributed by atoms with Crippen molar-refractivity contribution in [2.45, 2.75) is 149 Å². The number of hydrogen-bond acceptors (Lipinski definition) is 10. The second-order valence-corrected chi connectivity index (χ2v) is 18.7. The van der Waals surface area contributed by atoms with Gasteiger partial charge in [-0.1, -0.05) is 80.9 Å². The van der Waals surface area contributed by atoms with Crippen LogP contribution in [0.3, 0.4) is 0 Å². The number of unbranched alkanes of at least 4 members (excludes halogenated alkanes) is 1. The number of esters is 1. The Hall–Kier alpha value is -5.38. The highest BCUT2D eigenvalue weighted by Gasteiger charge is 2.24. The van der Waals surface area contributed by atoms with Crippen LogP contribution < -0.4 is 31.9 Å². The summed E-state index contributed by atoms with van der Waals surface area (Å²) in [5, 5.41) is 17.3. The number of amides is 6. The Morgan fingerprint density at radius 2 is 1.27 bits per heavy atom. The van der Waals surface area contributed by atoms with E-state index in [4.69, 9.17) is 25.8 Å². The molecule has 6 amide bonds. The van der Waals surface area contributed by atoms with E-state index in [-0.39, 0.29) is 106 Å². The van der Waals surface area contributed by atoms with Crippen LogP contribution in [0.4, 0.5) is 19.2 Å². The summed E-state index contributed by atoms with van der Waals surface area (Å²) in [6, 6.07) is 14.8. The van der Waals surface area contributed by atoms with Crippen LogP contribution in [-0.2, 0) is 41.8 Å². The third-order valence-electron chi connectivity index (χ3n) is 10.4. The molecule has 2 aromatic carbocycles. The molecule has 0 saturated carbocycles. The summed E-state index contributed by atoms with van der Waals surface area (Å²) >= 11 is 6.15. The molecule has 0 saturated heterocycles. The number of ketones is 2. The van der Waals surface area contributed by atoms with Crippen molar-refractivity contribution in [1.82, 2.24) is 31.9 Å². The van der Waals surface area contributed by atoms with E-state index in [1.165, 1.54) is 7.05 Å². The number of urea groups is 2. The maximum atomic E-state index is 13.5. The zero-order chi connectivity index (χ0) is 48.9. The molecular weight excluding hydrogens is 868 g/mol. The van der Waals surface area contributed by atoms with Gasteiger partial charge in [0, 0.05) is 81.5 Å². The second kappa shape index (κ2) is 31.5. The van der Waals surface area contributed by atoms with Crippen LogP contribution in [0.5, 0.6) is 0 Å². The van der Waals surface area contributed by atoms with Gasteiger partial charge in [0.05, 0.1) is 0 Å². The quantitative estimate of drug-likeness (QED) is 0.0249. The maximum absolute atomic E-state index is 13.5. The number of rotatable bonds is 30. The average Bonchev–Trinajstić information content (AvgIpc) is 3.25. The Kier molecular flexibility index (Phi) is 27.1. The van der Waals surface area contributed by atoms with Gasteiger partial charge in [-0.25, -0.2) is 19.2 Å². The Bertz CT molecular complexity index is 1810. The van der Waals surface area contributed by atoms with Gasteiger partial charge in [-0.2, -0.15) is 0 Å². The fraction of sp³-hybridized carbons (Fsp3) is 0.612. The molecule has 0 aliphatic carbocycles. The molecule has 2 aromatic rings. The average molecular weight is 944 g/mol. The van der Waals surface area contributed by atoms with E-state index in [2.05, 4.69) is 31.9 Å². The Morgan fingerprint density at radius 1 is 0.652 bits per heavy atom. The summed E-state index contributed by atoms with van der Waals surface area (Å²) in [5.41, 5.74) is 0.818. The van der Waals surface area contributed by atoms with E-state index < -0.39 is 35.8 Å². The summed E-state index contributed by atoms with van der Waals surface area (Å²) in [4.78, 5) is 89.0. The first kappa shape index (κ1) is 56.7. The van der Waals surface area contributed by atoms with Gasteiger partial charge < -0.3 is 46.1 Å². The minimum atomic E-state index is -0.736. The number of alkyl carbamates (subject to hydrolysis) is 2. The fourth-order valence-corrected chi connectivity index (χ4v) is 7.25. The van der Waals surface area contributed by atoms with Crippen molar-refractivity contribution < 1.29 is 47.8 Å². The van der Waals surface area contributed by atoms with Crippen molar-refractivity contribution in [2.24, 2.45) is 17.8 Å². The Labute approximate surface area is 396 Å². The molecule has 6 N–H and O–H groups in total. The van der Waals surface area contributed by atoms with Crippen LogP contribution in [-0.4, -0.2) is 86.2 Å². The van der Waals surface area contributed by atoms with Crippen molar-refractivity contribution in [2.75, 3.05) is 26.7 Å². The molecular formula is C49H75ClN6O10. The number of benzene rings is 2. The number of Topliss-reactive ketones (excluding diaryl/α,β-unsaturated/α-hetero) is 2. The zero-order valence-electron chi connectivity index (χ0n) is 40.1. The standard InChI is InChI=1S/C49H75ClN6O10/c1-34(2)27-37(29-42(58)24-21-40(56-48(63)66-49(4,5)6)22-25-44(59)64-32-36-15-9-8-10-16-36)31-54-46(61)55-39(20-23-41(57)28-35(3)30-53-45(60)51-7)18-13-14-26-52-47(62)65-33-38-17-11-12-19-43(38)50/h8-12,15-17,19,34-35,37,39-40H,13-14,18,20-33H2,1-7H3,(H,52,62)(H,56,63)(H2,51,53,60)(H2,54,55,61)/t35-,37-,39+,40-/m1/s1. The highest BCUT2D eigenvalue weighted by atomic mass is 35.5. The summed E-state index contributed by atoms with van der Waals surface area (Å²) in [6.45, 7) is 12.3. The van der Waals surface area contributed by atoms with Crippen LogP contribution in [0.2, 0.25) is 5.02 Å². The number of halogens is 1. The summed E-state index contributed by atoms with van der Waals surface area (Å²) < 4.78 is 16.2. The molecule has 0 bridgehead atoms. The van der Waals surface area contributed by atoms with Crippen molar-refractivity contribution in [1.29, 1.82) is 0 Å². The highest BCUT2D eigenvalue weighted by molar-refractivity contribution is 6.31. The molecule has 4 atom stereocenters. The Morgan fingerprint density at radius 3 is 1.92 bits per heavy atom. The number of carbonyl (C=O) groups excluding carboxylic acids is 7. The molecule has 0 unspecified atom stereocenters. The van der Waals surface area contributed by atoms with Crippen LogP contribution in [0.25, 0.3) is 0 Å². The monoisotopic (exact) mass is 943 g/mol. The molecule has 66 heavy (non-hydrogen) atoms. The van der Waals surface area contributed by atoms with Crippen molar-refractivity contribution >= 4 is 53.4 Å². The van der Waals surface area contributed by atoms with E-state index in [9.17, 15) is 33.6 Å². The number of carbonyl (C=O) groups is 7. The molecule has 0 fully saturated rings. The zero-order valence-corrected chi connectivity index (χ0v) is 40.8. The molecule has 0 aromatic heterocycles. The normalized spacial score (nSPS) is 13.0. The minimum absolute atomic E-state index is 0.0124. The second-order valence-electron chi connectivity index (χ2n) is 18.3. The van der Waals surface area contributed by atoms with Crippen molar-refractivity contribution in [3.8, 4) is 0 Å². The lowest BCUT2D eigenvalue weighted by Crippen LogP contribution is -2.44. The van der Waals surface area contributed by atoms with Crippen LogP contribution >= 0.6 is 11.6 Å². The van der Waals surface area contributed by atoms with E-state index >= 15 is 0 Å². The summed E-state index contributed by atoms with van der Waals surface area (Å²) in [5.74, 6) is -0.442. The van der Waals surface area contributed by atoms with E-state index in [1.807, 2.05) is 57.2 Å². The topological polar surface area (TPSA) is 219 Å². The minimum Gasteiger partial charge on any atom is -0.461 e. The number of hydrogen-bond donors (Lipinski definition) is 6. The molecule has 17 heteroatoms. The first-order valence-electron chi connectivity index (χ1n) is 23.2. The first-order chi connectivity index (χ1) is 31.3. The van der Waals surface area contributed by atoms with E-state index in [0.29, 0.717) is 55.8 Å².